The Kier molecular flexibility index (Phi) is 157. The molecule has 0 unspecified atom stereocenters. The van der Waals surface area contributed by atoms with Crippen molar-refractivity contribution in [2.45, 2.75) is 0 Å². The van der Waals surface area contributed by atoms with Gasteiger partial charge < -0.3 is 85.8 Å². The number of hydrogen-bond donors (Lipinski definition) is 17. The van der Waals surface area contributed by atoms with Crippen LogP contribution in [0.15, 0.2) is 0 Å². The number of rotatable bonds is 0. The van der Waals surface area contributed by atoms with Gasteiger partial charge in [-0.2, -0.15) is 0 Å². The summed E-state index contributed by atoms with van der Waals surface area (Å²) in [5.41, 5.74) is 0. The molecule has 0 radical (unpaired) electrons. The van der Waals surface area contributed by atoms with E-state index in [0.717, 1.165) is 0 Å². The molecule has 17 N–H and O–H groups in total. The first-order valence-electron chi connectivity index (χ1n) is 4.89. The van der Waals surface area contributed by atoms with Gasteiger partial charge in [0, 0.05) is 0 Å². The molecular weight excluding hydrogens is 506 g/mol. The molecule has 0 aliphatic carbocycles. The molecule has 0 heterocycles. The molecule has 0 bridgehead atoms. The van der Waals surface area contributed by atoms with Crippen molar-refractivity contribution < 1.29 is 223 Å². The SMILES string of the molecule is O=BO.O=C(O)O.O=[Si](O)O.OB(O)O.OB(O)O.OB(O)O.OB(O)O.[H-].[H-].[H-].[H-].[Na+].[Na+].[Na+].[Na+]. The fourth-order valence-corrected chi connectivity index (χ4v) is 0. The van der Waals surface area contributed by atoms with E-state index in [1.165, 1.54) is 0 Å². The number of carboxylic acid groups (broad SMARTS) is 2. The molecule has 0 fully saturated rings. The van der Waals surface area contributed by atoms with Gasteiger partial charge in [-0.05, 0) is 0 Å². The van der Waals surface area contributed by atoms with E-state index in [-0.39, 0.29) is 131 Å². The number of hydrogen-bond acceptors (Lipinski definition) is 15. The number of carbonyl (C=O) groups is 1. The molecule has 0 aromatic heterocycles. The average molecular weight is 527 g/mol. The first-order valence-corrected chi connectivity index (χ1v) is 6.20. The molecule has 0 aromatic carbocycles. The predicted molar refractivity (Wildman–Crippen MR) is 84.3 cm³/mol. The van der Waals surface area contributed by atoms with Crippen LogP contribution in [0.5, 0.6) is 0 Å². The third-order valence-corrected chi connectivity index (χ3v) is 0. The molecule has 0 atom stereocenters. The van der Waals surface area contributed by atoms with Crippen LogP contribution >= 0.6 is 0 Å². The van der Waals surface area contributed by atoms with Crippen LogP contribution in [0.25, 0.3) is 0 Å². The van der Waals surface area contributed by atoms with Crippen molar-refractivity contribution in [1.29, 1.82) is 0 Å². The molecule has 20 nitrogen and oxygen atoms in total. The molecule has 30 heteroatoms. The molecule has 0 spiro atoms. The minimum atomic E-state index is -3.13. The smallest absolute Gasteiger partial charge is 1.00 e. The first kappa shape index (κ1) is 69.9. The summed E-state index contributed by atoms with van der Waals surface area (Å²) in [6.45, 7) is 0. The van der Waals surface area contributed by atoms with Crippen molar-refractivity contribution in [3.8, 4) is 0 Å². The van der Waals surface area contributed by atoms with Gasteiger partial charge in [-0.1, -0.05) is 0 Å². The summed E-state index contributed by atoms with van der Waals surface area (Å²) in [5.74, 6) is 0. The molecule has 168 valence electrons. The monoisotopic (exact) mass is 528 g/mol. The molecule has 0 aromatic rings. The van der Waals surface area contributed by atoms with Gasteiger partial charge in [-0.15, -0.1) is 0 Å². The molecule has 31 heavy (non-hydrogen) atoms. The summed E-state index contributed by atoms with van der Waals surface area (Å²) >= 11 is 0. The fraction of sp³-hybridized carbons (Fsp3) is 0. The van der Waals surface area contributed by atoms with E-state index in [0.29, 0.717) is 0 Å². The van der Waals surface area contributed by atoms with Crippen LogP contribution in [-0.4, -0.2) is 137 Å². The molecular formula is CH21B5Na4O20Si. The summed E-state index contributed by atoms with van der Waals surface area (Å²) in [7, 11) is -12.0. The van der Waals surface area contributed by atoms with Crippen LogP contribution in [0, 0.1) is 0 Å². The Bertz CT molecular complexity index is 249. The summed E-state index contributed by atoms with van der Waals surface area (Å²) in [6.07, 6.45) is -1.83. The van der Waals surface area contributed by atoms with Gasteiger partial charge in [0.2, 0.25) is 0 Å². The second kappa shape index (κ2) is 69.8. The third-order valence-electron chi connectivity index (χ3n) is 0. The Morgan fingerprint density at radius 3 is 0.613 bits per heavy atom. The van der Waals surface area contributed by atoms with Crippen LogP contribution in [0.2, 0.25) is 0 Å². The van der Waals surface area contributed by atoms with Gasteiger partial charge in [0.25, 0.3) is 0 Å². The first-order chi connectivity index (χ1) is 11.8. The predicted octanol–water partition coefficient (Wildman–Crippen LogP) is -22.2. The largest absolute Gasteiger partial charge is 1.00 e. The minimum Gasteiger partial charge on any atom is -1.00 e. The Morgan fingerprint density at radius 2 is 0.613 bits per heavy atom. The quantitative estimate of drug-likeness (QED) is 0.130. The van der Waals surface area contributed by atoms with Crippen molar-refractivity contribution in [3.63, 3.8) is 0 Å². The second-order valence-corrected chi connectivity index (χ2v) is 2.62. The second-order valence-electron chi connectivity index (χ2n) is 2.06. The third kappa shape index (κ3) is 5470. The maximum Gasteiger partial charge on any atom is 1.00 e. The Hall–Kier alpha value is 2.33. The summed E-state index contributed by atoms with van der Waals surface area (Å²) in [4.78, 5) is 22.9. The van der Waals surface area contributed by atoms with E-state index in [9.17, 15) is 0 Å². The van der Waals surface area contributed by atoms with Gasteiger partial charge in [0.05, 0.1) is 0 Å². The van der Waals surface area contributed by atoms with Gasteiger partial charge in [0.15, 0.2) is 0 Å². The molecule has 0 saturated heterocycles. The van der Waals surface area contributed by atoms with Gasteiger partial charge >= 0.3 is 180 Å². The Morgan fingerprint density at radius 1 is 0.613 bits per heavy atom. The van der Waals surface area contributed by atoms with E-state index in [1.54, 1.807) is 0 Å². The maximum absolute atomic E-state index is 8.74. The summed E-state index contributed by atoms with van der Waals surface area (Å²) in [6, 6.07) is 0. The molecule has 0 saturated carbocycles. The summed E-state index contributed by atoms with van der Waals surface area (Å²) in [5, 5.41) is 107. The zero-order valence-corrected chi connectivity index (χ0v) is 25.7. The van der Waals surface area contributed by atoms with Crippen LogP contribution in [0.1, 0.15) is 5.71 Å². The molecule has 0 aliphatic rings. The van der Waals surface area contributed by atoms with E-state index in [2.05, 4.69) is 0 Å². The van der Waals surface area contributed by atoms with E-state index >= 15 is 0 Å². The van der Waals surface area contributed by atoms with Crippen molar-refractivity contribution in [2.24, 2.45) is 0 Å². The standard InChI is InChI=1S/CH2O3.4BH3O3.BHO2.4Na.H2O3Si.4H/c5*2-1(3)4;2-1-3;;;;;1-4(2)3;;;;/h(H2,2,3,4);4*2-4H;2H;;;;;1-2H;;;;/q;;;;;;4*+1;;4*-1. The zero-order chi connectivity index (χ0) is 24.2. The molecule has 0 aliphatic heterocycles. The average Bonchev–Trinajstić information content (AvgIpc) is 2.22. The van der Waals surface area contributed by atoms with Crippen molar-refractivity contribution in [2.75, 3.05) is 0 Å². The van der Waals surface area contributed by atoms with Gasteiger partial charge in [-0.3, -0.25) is 4.46 Å². The minimum absolute atomic E-state index is 0. The zero-order valence-electron chi connectivity index (χ0n) is 20.7. The fourth-order valence-electron chi connectivity index (χ4n) is 0. The van der Waals surface area contributed by atoms with Crippen molar-refractivity contribution in [1.82, 2.24) is 0 Å². The van der Waals surface area contributed by atoms with Crippen LogP contribution in [0.3, 0.4) is 0 Å². The van der Waals surface area contributed by atoms with E-state index in [1.807, 2.05) is 0 Å². The van der Waals surface area contributed by atoms with Crippen molar-refractivity contribution in [3.05, 3.63) is 0 Å². The molecule has 0 amide bonds. The van der Waals surface area contributed by atoms with Crippen molar-refractivity contribution >= 4 is 52.0 Å². The van der Waals surface area contributed by atoms with E-state index < -0.39 is 44.6 Å². The van der Waals surface area contributed by atoms with Gasteiger partial charge in [-0.25, -0.2) is 4.79 Å². The summed E-state index contributed by atoms with van der Waals surface area (Å²) < 4.78 is 17.1. The van der Waals surface area contributed by atoms with Crippen LogP contribution < -0.4 is 118 Å². The maximum atomic E-state index is 8.74. The Labute approximate surface area is 271 Å². The molecule has 0 rings (SSSR count). The normalized spacial score (nSPS) is 5.29. The van der Waals surface area contributed by atoms with Crippen LogP contribution in [-0.2, 0) is 9.17 Å². The topological polar surface area (TPSA) is 395 Å². The van der Waals surface area contributed by atoms with E-state index in [4.69, 9.17) is 99.1 Å². The van der Waals surface area contributed by atoms with Crippen LogP contribution in [0.4, 0.5) is 4.79 Å². The van der Waals surface area contributed by atoms with Gasteiger partial charge in [0.1, 0.15) is 0 Å². The Balaban J connectivity index is -0.00000000989.